The number of methoxy groups -OCH3 is 1. The van der Waals surface area contributed by atoms with E-state index in [1.54, 1.807) is 18.2 Å². The van der Waals surface area contributed by atoms with E-state index in [2.05, 4.69) is 15.3 Å². The van der Waals surface area contributed by atoms with Crippen molar-refractivity contribution in [2.75, 3.05) is 24.4 Å². The van der Waals surface area contributed by atoms with Gasteiger partial charge in [0, 0.05) is 12.7 Å². The summed E-state index contributed by atoms with van der Waals surface area (Å²) in [6.45, 7) is 0. The average Bonchev–Trinajstić information content (AvgIpc) is 2.78. The third-order valence-electron chi connectivity index (χ3n) is 4.37. The summed E-state index contributed by atoms with van der Waals surface area (Å²) < 4.78 is 4.78. The maximum atomic E-state index is 12.1. The summed E-state index contributed by atoms with van der Waals surface area (Å²) in [5.41, 5.74) is 0.608. The Morgan fingerprint density at radius 3 is 2.42 bits per heavy atom. The SMILES string of the molecule is COC(=O)c1ccccc1N(C)c1ncnc(Nc2ccc(C(=O)O)cc2)c1[N+](=O)[O-]. The second kappa shape index (κ2) is 8.86. The predicted octanol–water partition coefficient (Wildman–Crippen LogP) is 3.38. The summed E-state index contributed by atoms with van der Waals surface area (Å²) in [5.74, 6) is -1.84. The van der Waals surface area contributed by atoms with Crippen LogP contribution in [0.2, 0.25) is 0 Å². The molecule has 158 valence electrons. The molecule has 31 heavy (non-hydrogen) atoms. The minimum Gasteiger partial charge on any atom is -0.478 e. The second-order valence-corrected chi connectivity index (χ2v) is 6.23. The van der Waals surface area contributed by atoms with Crippen molar-refractivity contribution in [1.82, 2.24) is 9.97 Å². The van der Waals surface area contributed by atoms with Crippen molar-refractivity contribution in [3.05, 3.63) is 76.1 Å². The maximum absolute atomic E-state index is 12.1. The lowest BCUT2D eigenvalue weighted by Gasteiger charge is -2.21. The van der Waals surface area contributed by atoms with E-state index in [0.29, 0.717) is 11.4 Å². The molecule has 0 aliphatic heterocycles. The Kier molecular flexibility index (Phi) is 6.05. The Morgan fingerprint density at radius 2 is 1.81 bits per heavy atom. The number of carbonyl (C=O) groups excluding carboxylic acids is 1. The van der Waals surface area contributed by atoms with Gasteiger partial charge in [0.05, 0.1) is 28.8 Å². The number of nitrogens with zero attached hydrogens (tertiary/aromatic N) is 4. The Labute approximate surface area is 176 Å². The Hall–Kier alpha value is -4.54. The molecule has 11 nitrogen and oxygen atoms in total. The highest BCUT2D eigenvalue weighted by Gasteiger charge is 2.28. The van der Waals surface area contributed by atoms with Crippen LogP contribution < -0.4 is 10.2 Å². The van der Waals surface area contributed by atoms with Crippen LogP contribution in [0.3, 0.4) is 0 Å². The van der Waals surface area contributed by atoms with Crippen LogP contribution in [0.5, 0.6) is 0 Å². The lowest BCUT2D eigenvalue weighted by atomic mass is 10.1. The Bertz CT molecular complexity index is 1150. The molecule has 1 aromatic heterocycles. The lowest BCUT2D eigenvalue weighted by Crippen LogP contribution is -2.18. The quantitative estimate of drug-likeness (QED) is 0.329. The van der Waals surface area contributed by atoms with Gasteiger partial charge in [-0.2, -0.15) is 0 Å². The van der Waals surface area contributed by atoms with Gasteiger partial charge in [-0.1, -0.05) is 12.1 Å². The number of rotatable bonds is 7. The van der Waals surface area contributed by atoms with E-state index in [4.69, 9.17) is 9.84 Å². The maximum Gasteiger partial charge on any atom is 0.354 e. The van der Waals surface area contributed by atoms with E-state index in [-0.39, 0.29) is 22.8 Å². The molecule has 2 aromatic carbocycles. The fourth-order valence-corrected chi connectivity index (χ4v) is 2.87. The molecule has 3 aromatic rings. The molecule has 0 atom stereocenters. The molecule has 0 amide bonds. The number of hydrogen-bond acceptors (Lipinski definition) is 9. The zero-order valence-electron chi connectivity index (χ0n) is 16.5. The number of ether oxygens (including phenoxy) is 1. The predicted molar refractivity (Wildman–Crippen MR) is 111 cm³/mol. The monoisotopic (exact) mass is 423 g/mol. The van der Waals surface area contributed by atoms with Crippen molar-refractivity contribution in [2.24, 2.45) is 0 Å². The van der Waals surface area contributed by atoms with Crippen LogP contribution in [-0.4, -0.2) is 46.1 Å². The minimum absolute atomic E-state index is 0.0546. The fraction of sp³-hybridized carbons (Fsp3) is 0.100. The summed E-state index contributed by atoms with van der Waals surface area (Å²) in [6.07, 6.45) is 1.15. The number of carboxylic acid groups (broad SMARTS) is 1. The number of benzene rings is 2. The van der Waals surface area contributed by atoms with Gasteiger partial charge in [0.1, 0.15) is 6.33 Å². The normalized spacial score (nSPS) is 10.3. The van der Waals surface area contributed by atoms with Crippen molar-refractivity contribution >= 4 is 40.6 Å². The molecule has 0 unspecified atom stereocenters. The molecular weight excluding hydrogens is 406 g/mol. The molecule has 0 saturated heterocycles. The number of hydrogen-bond donors (Lipinski definition) is 2. The first-order valence-corrected chi connectivity index (χ1v) is 8.84. The van der Waals surface area contributed by atoms with Gasteiger partial charge in [-0.15, -0.1) is 0 Å². The van der Waals surface area contributed by atoms with Gasteiger partial charge < -0.3 is 20.1 Å². The van der Waals surface area contributed by atoms with Crippen LogP contribution in [-0.2, 0) is 4.74 Å². The fourth-order valence-electron chi connectivity index (χ4n) is 2.87. The summed E-state index contributed by atoms with van der Waals surface area (Å²) in [4.78, 5) is 43.7. The highest BCUT2D eigenvalue weighted by Crippen LogP contribution is 2.37. The summed E-state index contributed by atoms with van der Waals surface area (Å²) >= 11 is 0. The number of aromatic nitrogens is 2. The highest BCUT2D eigenvalue weighted by molar-refractivity contribution is 5.97. The molecule has 0 spiro atoms. The van der Waals surface area contributed by atoms with Gasteiger partial charge in [0.15, 0.2) is 0 Å². The van der Waals surface area contributed by atoms with Crippen LogP contribution in [0, 0.1) is 10.1 Å². The highest BCUT2D eigenvalue weighted by atomic mass is 16.6. The number of para-hydroxylation sites is 1. The van der Waals surface area contributed by atoms with E-state index in [9.17, 15) is 19.7 Å². The third-order valence-corrected chi connectivity index (χ3v) is 4.37. The third kappa shape index (κ3) is 4.40. The molecule has 0 bridgehead atoms. The molecule has 0 aliphatic rings. The van der Waals surface area contributed by atoms with Crippen molar-refractivity contribution in [3.63, 3.8) is 0 Å². The molecule has 3 rings (SSSR count). The van der Waals surface area contributed by atoms with Crippen LogP contribution in [0.4, 0.5) is 28.7 Å². The Balaban J connectivity index is 2.04. The number of esters is 1. The summed E-state index contributed by atoms with van der Waals surface area (Å²) in [5, 5.41) is 23.7. The standard InChI is InChI=1S/C20H17N5O6/c1-24(15-6-4-3-5-14(15)20(28)31-2)18-16(25(29)30)17(21-11-22-18)23-13-9-7-12(8-10-13)19(26)27/h3-11H,1-2H3,(H,26,27)(H,21,22,23). The number of anilines is 4. The van der Waals surface area contributed by atoms with E-state index < -0.39 is 22.5 Å². The molecular formula is C20H17N5O6. The van der Waals surface area contributed by atoms with Crippen LogP contribution in [0.25, 0.3) is 0 Å². The smallest absolute Gasteiger partial charge is 0.354 e. The van der Waals surface area contributed by atoms with Gasteiger partial charge in [-0.05, 0) is 36.4 Å². The lowest BCUT2D eigenvalue weighted by molar-refractivity contribution is -0.383. The molecule has 2 N–H and O–H groups in total. The topological polar surface area (TPSA) is 148 Å². The molecule has 0 saturated carbocycles. The molecule has 0 aliphatic carbocycles. The number of carboxylic acids is 1. The zero-order valence-corrected chi connectivity index (χ0v) is 16.5. The molecule has 0 fully saturated rings. The van der Waals surface area contributed by atoms with Crippen molar-refractivity contribution < 1.29 is 24.4 Å². The summed E-state index contributed by atoms with van der Waals surface area (Å²) in [7, 11) is 2.77. The largest absolute Gasteiger partial charge is 0.478 e. The Morgan fingerprint density at radius 1 is 1.13 bits per heavy atom. The first kappa shape index (κ1) is 21.2. The van der Waals surface area contributed by atoms with Crippen molar-refractivity contribution in [2.45, 2.75) is 0 Å². The van der Waals surface area contributed by atoms with Crippen molar-refractivity contribution in [1.29, 1.82) is 0 Å². The molecule has 11 heteroatoms. The van der Waals surface area contributed by atoms with Gasteiger partial charge in [0.2, 0.25) is 11.6 Å². The van der Waals surface area contributed by atoms with E-state index in [1.807, 2.05) is 0 Å². The van der Waals surface area contributed by atoms with Crippen LogP contribution in [0.15, 0.2) is 54.9 Å². The number of aromatic carboxylic acids is 1. The number of carbonyl (C=O) groups is 2. The molecule has 1 heterocycles. The van der Waals surface area contributed by atoms with Gasteiger partial charge in [-0.3, -0.25) is 10.1 Å². The zero-order chi connectivity index (χ0) is 22.5. The summed E-state index contributed by atoms with van der Waals surface area (Å²) in [6, 6.07) is 12.1. The van der Waals surface area contributed by atoms with Crippen LogP contribution in [0.1, 0.15) is 20.7 Å². The first-order chi connectivity index (χ1) is 14.8. The average molecular weight is 423 g/mol. The van der Waals surface area contributed by atoms with Gasteiger partial charge in [0.25, 0.3) is 0 Å². The second-order valence-electron chi connectivity index (χ2n) is 6.23. The number of nitrogens with one attached hydrogen (secondary N) is 1. The van der Waals surface area contributed by atoms with Crippen LogP contribution >= 0.6 is 0 Å². The molecule has 0 radical (unpaired) electrons. The van der Waals surface area contributed by atoms with Crippen molar-refractivity contribution in [3.8, 4) is 0 Å². The van der Waals surface area contributed by atoms with Gasteiger partial charge in [-0.25, -0.2) is 19.6 Å². The van der Waals surface area contributed by atoms with E-state index in [1.165, 1.54) is 49.4 Å². The first-order valence-electron chi connectivity index (χ1n) is 8.84. The van der Waals surface area contributed by atoms with E-state index >= 15 is 0 Å². The van der Waals surface area contributed by atoms with Gasteiger partial charge >= 0.3 is 17.6 Å². The minimum atomic E-state index is -1.09. The van der Waals surface area contributed by atoms with E-state index in [0.717, 1.165) is 6.33 Å². The number of nitro groups is 1.